The fourth-order valence-corrected chi connectivity index (χ4v) is 2.98. The van der Waals surface area contributed by atoms with Gasteiger partial charge in [0.25, 0.3) is 5.56 Å². The van der Waals surface area contributed by atoms with Crippen LogP contribution in [0.4, 0.5) is 0 Å². The minimum atomic E-state index is -0.558. The van der Waals surface area contributed by atoms with Gasteiger partial charge in [0.15, 0.2) is 0 Å². The van der Waals surface area contributed by atoms with Crippen molar-refractivity contribution in [2.24, 2.45) is 0 Å². The molecule has 0 bridgehead atoms. The lowest BCUT2D eigenvalue weighted by Gasteiger charge is -2.38. The number of para-hydroxylation sites is 1. The second-order valence-corrected chi connectivity index (χ2v) is 5.94. The number of hydrogen-bond acceptors (Lipinski definition) is 4. The number of nitrogens with zero attached hydrogens (tertiary/aromatic N) is 2. The van der Waals surface area contributed by atoms with Crippen molar-refractivity contribution >= 4 is 16.8 Å². The van der Waals surface area contributed by atoms with Gasteiger partial charge in [-0.2, -0.15) is 0 Å². The Labute approximate surface area is 132 Å². The van der Waals surface area contributed by atoms with Crippen molar-refractivity contribution in [3.8, 4) is 0 Å². The van der Waals surface area contributed by atoms with E-state index in [-0.39, 0.29) is 24.5 Å². The van der Waals surface area contributed by atoms with Gasteiger partial charge >= 0.3 is 5.69 Å². The number of carbonyl (C=O) groups excluding carboxylic acids is 1. The number of nitrogens with one attached hydrogen (secondary N) is 2. The number of H-pyrrole nitrogens is 1. The van der Waals surface area contributed by atoms with Crippen LogP contribution in [0, 0.1) is 0 Å². The third kappa shape index (κ3) is 2.79. The summed E-state index contributed by atoms with van der Waals surface area (Å²) in [6.45, 7) is 5.02. The molecule has 1 fully saturated rings. The quantitative estimate of drug-likeness (QED) is 0.810. The Hall–Kier alpha value is -2.41. The van der Waals surface area contributed by atoms with E-state index in [1.54, 1.807) is 29.2 Å². The normalized spacial score (nSPS) is 21.6. The van der Waals surface area contributed by atoms with Gasteiger partial charge in [-0.15, -0.1) is 0 Å². The molecule has 1 saturated heterocycles. The molecule has 0 aliphatic carbocycles. The number of carbonyl (C=O) groups is 1. The highest BCUT2D eigenvalue weighted by Gasteiger charge is 2.28. The molecular formula is C16H20N4O3. The van der Waals surface area contributed by atoms with Gasteiger partial charge in [-0.3, -0.25) is 14.2 Å². The van der Waals surface area contributed by atoms with Crippen molar-refractivity contribution < 1.29 is 4.79 Å². The third-order valence-corrected chi connectivity index (χ3v) is 4.54. The molecule has 0 saturated carbocycles. The summed E-state index contributed by atoms with van der Waals surface area (Å²) in [5.41, 5.74) is -0.512. The summed E-state index contributed by atoms with van der Waals surface area (Å²) in [5, 5.41) is 3.70. The Bertz CT molecular complexity index is 854. The van der Waals surface area contributed by atoms with Gasteiger partial charge in [0.2, 0.25) is 5.91 Å². The molecule has 0 spiro atoms. The molecule has 2 unspecified atom stereocenters. The topological polar surface area (TPSA) is 87.2 Å². The molecule has 1 aromatic carbocycles. The van der Waals surface area contributed by atoms with Crippen molar-refractivity contribution in [3.05, 3.63) is 45.1 Å². The lowest BCUT2D eigenvalue weighted by molar-refractivity contribution is -0.135. The van der Waals surface area contributed by atoms with Crippen LogP contribution in [0.3, 0.4) is 0 Å². The zero-order chi connectivity index (χ0) is 16.6. The first kappa shape index (κ1) is 15.5. The van der Waals surface area contributed by atoms with Gasteiger partial charge in [0.05, 0.1) is 10.9 Å². The number of piperazine rings is 1. The predicted molar refractivity (Wildman–Crippen MR) is 87.5 cm³/mol. The van der Waals surface area contributed by atoms with E-state index in [0.29, 0.717) is 24.0 Å². The number of aromatic nitrogens is 2. The van der Waals surface area contributed by atoms with Gasteiger partial charge in [-0.05, 0) is 26.0 Å². The first-order valence-electron chi connectivity index (χ1n) is 7.74. The molecule has 2 N–H and O–H groups in total. The molecule has 1 aliphatic rings. The predicted octanol–water partition coefficient (Wildman–Crippen LogP) is -0.101. The van der Waals surface area contributed by atoms with Crippen LogP contribution in [0.15, 0.2) is 33.9 Å². The highest BCUT2D eigenvalue weighted by atomic mass is 16.2. The third-order valence-electron chi connectivity index (χ3n) is 4.54. The molecule has 122 valence electrons. The van der Waals surface area contributed by atoms with E-state index in [1.165, 1.54) is 0 Å². The van der Waals surface area contributed by atoms with Gasteiger partial charge in [0.1, 0.15) is 6.54 Å². The molecule has 2 atom stereocenters. The van der Waals surface area contributed by atoms with E-state index < -0.39 is 11.2 Å². The van der Waals surface area contributed by atoms with Crippen LogP contribution < -0.4 is 16.6 Å². The van der Waals surface area contributed by atoms with Crippen LogP contribution in [0.1, 0.15) is 13.8 Å². The lowest BCUT2D eigenvalue weighted by atomic mass is 10.1. The van der Waals surface area contributed by atoms with E-state index >= 15 is 0 Å². The summed E-state index contributed by atoms with van der Waals surface area (Å²) in [6, 6.07) is 6.99. The molecule has 7 nitrogen and oxygen atoms in total. The standard InChI is InChI=1S/C16H20N4O3/c1-10-11(2)19(8-7-17-10)14(21)9-20-15(22)12-5-3-4-6-13(12)18-16(20)23/h3-6,10-11,17H,7-9H2,1-2H3,(H,18,23). The Morgan fingerprint density at radius 3 is 2.78 bits per heavy atom. The Morgan fingerprint density at radius 1 is 1.26 bits per heavy atom. The van der Waals surface area contributed by atoms with Gasteiger partial charge in [0, 0.05) is 25.2 Å². The number of benzene rings is 1. The summed E-state index contributed by atoms with van der Waals surface area (Å²) in [7, 11) is 0. The number of hydrogen-bond donors (Lipinski definition) is 2. The monoisotopic (exact) mass is 316 g/mol. The summed E-state index contributed by atoms with van der Waals surface area (Å²) in [6.07, 6.45) is 0. The summed E-state index contributed by atoms with van der Waals surface area (Å²) >= 11 is 0. The maximum absolute atomic E-state index is 12.5. The van der Waals surface area contributed by atoms with Crippen molar-refractivity contribution in [2.45, 2.75) is 32.5 Å². The zero-order valence-corrected chi connectivity index (χ0v) is 13.2. The van der Waals surface area contributed by atoms with Crippen molar-refractivity contribution in [3.63, 3.8) is 0 Å². The molecule has 23 heavy (non-hydrogen) atoms. The van der Waals surface area contributed by atoms with Crippen LogP contribution >= 0.6 is 0 Å². The van der Waals surface area contributed by atoms with Crippen molar-refractivity contribution in [1.29, 1.82) is 0 Å². The second kappa shape index (κ2) is 6.00. The molecule has 2 aromatic rings. The van der Waals surface area contributed by atoms with E-state index in [0.717, 1.165) is 4.57 Å². The fraction of sp³-hybridized carbons (Fsp3) is 0.438. The number of aromatic amines is 1. The SMILES string of the molecule is CC1NCCN(C(=O)Cn2c(=O)[nH]c3ccccc3c2=O)C1C. The van der Waals surface area contributed by atoms with Gasteiger partial charge in [-0.1, -0.05) is 12.1 Å². The van der Waals surface area contributed by atoms with E-state index in [4.69, 9.17) is 0 Å². The van der Waals surface area contributed by atoms with Crippen molar-refractivity contribution in [2.75, 3.05) is 13.1 Å². The summed E-state index contributed by atoms with van der Waals surface area (Å²) in [4.78, 5) is 41.5. The van der Waals surface area contributed by atoms with Crippen LogP contribution in [-0.2, 0) is 11.3 Å². The van der Waals surface area contributed by atoms with Crippen LogP contribution in [0.5, 0.6) is 0 Å². The average Bonchev–Trinajstić information content (AvgIpc) is 2.54. The summed E-state index contributed by atoms with van der Waals surface area (Å²) < 4.78 is 0.976. The molecule has 1 aliphatic heterocycles. The highest BCUT2D eigenvalue weighted by molar-refractivity contribution is 5.79. The van der Waals surface area contributed by atoms with Crippen molar-refractivity contribution in [1.82, 2.24) is 19.8 Å². The van der Waals surface area contributed by atoms with Crippen LogP contribution in [-0.4, -0.2) is 45.5 Å². The molecule has 3 rings (SSSR count). The first-order chi connectivity index (χ1) is 11.0. The Kier molecular flexibility index (Phi) is 4.04. The van der Waals surface area contributed by atoms with Gasteiger partial charge in [-0.25, -0.2) is 4.79 Å². The average molecular weight is 316 g/mol. The van der Waals surface area contributed by atoms with E-state index in [2.05, 4.69) is 10.3 Å². The minimum absolute atomic E-state index is 0.0199. The molecule has 1 amide bonds. The van der Waals surface area contributed by atoms with Crippen LogP contribution in [0.2, 0.25) is 0 Å². The van der Waals surface area contributed by atoms with E-state index in [1.807, 2.05) is 13.8 Å². The first-order valence-corrected chi connectivity index (χ1v) is 7.74. The lowest BCUT2D eigenvalue weighted by Crippen LogP contribution is -2.58. The second-order valence-electron chi connectivity index (χ2n) is 5.94. The Balaban J connectivity index is 1.94. The molecule has 7 heteroatoms. The molecule has 2 heterocycles. The fourth-order valence-electron chi connectivity index (χ4n) is 2.98. The van der Waals surface area contributed by atoms with Crippen LogP contribution in [0.25, 0.3) is 10.9 Å². The molecule has 0 radical (unpaired) electrons. The maximum Gasteiger partial charge on any atom is 0.329 e. The largest absolute Gasteiger partial charge is 0.336 e. The maximum atomic E-state index is 12.5. The smallest absolute Gasteiger partial charge is 0.329 e. The van der Waals surface area contributed by atoms with Gasteiger partial charge < -0.3 is 15.2 Å². The number of amides is 1. The number of rotatable bonds is 2. The summed E-state index contributed by atoms with van der Waals surface area (Å²) in [5.74, 6) is -0.214. The van der Waals surface area contributed by atoms with E-state index in [9.17, 15) is 14.4 Å². The highest BCUT2D eigenvalue weighted by Crippen LogP contribution is 2.09. The molecular weight excluding hydrogens is 296 g/mol. The Morgan fingerprint density at radius 2 is 2.00 bits per heavy atom. The zero-order valence-electron chi connectivity index (χ0n) is 13.2. The minimum Gasteiger partial charge on any atom is -0.336 e. The molecule has 1 aromatic heterocycles. The number of fused-ring (bicyclic) bond motifs is 1.